The molecule has 0 atom stereocenters. The summed E-state index contributed by atoms with van der Waals surface area (Å²) in [6.07, 6.45) is 0.547. The van der Waals surface area contributed by atoms with Crippen LogP contribution in [0.5, 0.6) is 0 Å². The van der Waals surface area contributed by atoms with Crippen molar-refractivity contribution in [3.63, 3.8) is 0 Å². The van der Waals surface area contributed by atoms with E-state index in [2.05, 4.69) is 0 Å². The van der Waals surface area contributed by atoms with Gasteiger partial charge in [0, 0.05) is 0 Å². The van der Waals surface area contributed by atoms with Crippen molar-refractivity contribution in [2.45, 2.75) is 17.9 Å². The molecule has 0 spiro atoms. The van der Waals surface area contributed by atoms with Crippen LogP contribution in [-0.2, 0) is 27.3 Å². The highest BCUT2D eigenvalue weighted by Crippen LogP contribution is 2.22. The molecule has 0 saturated heterocycles. The van der Waals surface area contributed by atoms with Crippen LogP contribution in [0.15, 0.2) is 89.8 Å². The zero-order valence-electron chi connectivity index (χ0n) is 13.1. The van der Waals surface area contributed by atoms with Crippen molar-refractivity contribution in [2.75, 3.05) is 0 Å². The van der Waals surface area contributed by atoms with Gasteiger partial charge in [-0.3, -0.25) is 4.18 Å². The molecule has 122 valence electrons. The monoisotopic (exact) mass is 338 g/mol. The van der Waals surface area contributed by atoms with E-state index in [0.29, 0.717) is 6.42 Å². The zero-order valence-corrected chi connectivity index (χ0v) is 13.9. The van der Waals surface area contributed by atoms with Crippen LogP contribution in [-0.4, -0.2) is 8.42 Å². The third kappa shape index (κ3) is 4.10. The maximum Gasteiger partial charge on any atom is 0.297 e. The lowest BCUT2D eigenvalue weighted by molar-refractivity contribution is 0.307. The average molecular weight is 338 g/mol. The Kier molecular flexibility index (Phi) is 5.08. The van der Waals surface area contributed by atoms with Gasteiger partial charge in [-0.05, 0) is 29.2 Å². The fraction of sp³-hybridized carbons (Fsp3) is 0.100. The van der Waals surface area contributed by atoms with Gasteiger partial charge in [-0.2, -0.15) is 8.42 Å². The van der Waals surface area contributed by atoms with Crippen molar-refractivity contribution in [1.29, 1.82) is 0 Å². The molecule has 0 amide bonds. The Bertz CT molecular complexity index is 888. The van der Waals surface area contributed by atoms with Crippen LogP contribution in [0.3, 0.4) is 0 Å². The first-order valence-electron chi connectivity index (χ1n) is 7.70. The summed E-state index contributed by atoms with van der Waals surface area (Å²) < 4.78 is 30.4. The summed E-state index contributed by atoms with van der Waals surface area (Å²) in [6.45, 7) is 0.0306. The van der Waals surface area contributed by atoms with Gasteiger partial charge in [0.2, 0.25) is 0 Å². The zero-order chi connectivity index (χ0) is 16.8. The van der Waals surface area contributed by atoms with Crippen molar-refractivity contribution in [3.8, 4) is 0 Å². The van der Waals surface area contributed by atoms with E-state index in [0.717, 1.165) is 16.7 Å². The quantitative estimate of drug-likeness (QED) is 0.633. The summed E-state index contributed by atoms with van der Waals surface area (Å²) >= 11 is 0. The van der Waals surface area contributed by atoms with E-state index in [1.807, 2.05) is 72.8 Å². The second-order valence-electron chi connectivity index (χ2n) is 5.47. The molecule has 0 aliphatic heterocycles. The van der Waals surface area contributed by atoms with Crippen LogP contribution in [0.2, 0.25) is 0 Å². The number of hydrogen-bond acceptors (Lipinski definition) is 3. The van der Waals surface area contributed by atoms with Crippen LogP contribution >= 0.6 is 0 Å². The van der Waals surface area contributed by atoms with Gasteiger partial charge >= 0.3 is 0 Å². The van der Waals surface area contributed by atoms with E-state index in [4.69, 9.17) is 4.18 Å². The summed E-state index contributed by atoms with van der Waals surface area (Å²) in [7, 11) is -3.81. The Hall–Kier alpha value is -2.43. The van der Waals surface area contributed by atoms with Gasteiger partial charge in [-0.15, -0.1) is 0 Å². The maximum absolute atomic E-state index is 12.6. The first kappa shape index (κ1) is 16.4. The predicted molar refractivity (Wildman–Crippen MR) is 94.1 cm³/mol. The van der Waals surface area contributed by atoms with Gasteiger partial charge in [0.1, 0.15) is 0 Å². The molecule has 3 aromatic rings. The maximum atomic E-state index is 12.6. The first-order chi connectivity index (χ1) is 11.6. The van der Waals surface area contributed by atoms with Crippen molar-refractivity contribution in [3.05, 3.63) is 102 Å². The lowest BCUT2D eigenvalue weighted by atomic mass is 10.1. The molecule has 3 rings (SSSR count). The van der Waals surface area contributed by atoms with Gasteiger partial charge in [0.05, 0.1) is 11.5 Å². The van der Waals surface area contributed by atoms with Crippen molar-refractivity contribution < 1.29 is 12.6 Å². The second kappa shape index (κ2) is 7.43. The van der Waals surface area contributed by atoms with E-state index < -0.39 is 10.1 Å². The van der Waals surface area contributed by atoms with E-state index in [1.165, 1.54) is 0 Å². The molecule has 3 aromatic carbocycles. The number of rotatable bonds is 6. The largest absolute Gasteiger partial charge is 0.297 e. The van der Waals surface area contributed by atoms with Crippen LogP contribution in [0, 0.1) is 0 Å². The molecule has 0 fully saturated rings. The van der Waals surface area contributed by atoms with Gasteiger partial charge in [-0.25, -0.2) is 0 Å². The molecule has 24 heavy (non-hydrogen) atoms. The Morgan fingerprint density at radius 1 is 0.667 bits per heavy atom. The fourth-order valence-corrected chi connectivity index (χ4v) is 3.62. The van der Waals surface area contributed by atoms with Crippen LogP contribution in [0.25, 0.3) is 0 Å². The molecular weight excluding hydrogens is 320 g/mol. The highest BCUT2D eigenvalue weighted by atomic mass is 32.2. The van der Waals surface area contributed by atoms with Crippen molar-refractivity contribution in [2.24, 2.45) is 0 Å². The Morgan fingerprint density at radius 2 is 1.21 bits per heavy atom. The van der Waals surface area contributed by atoms with E-state index in [-0.39, 0.29) is 11.5 Å². The standard InChI is InChI=1S/C20H18O3S/c21-24(22,23-16-18-11-5-2-6-12-18)20-14-8-7-13-19(20)15-17-9-3-1-4-10-17/h1-14H,15-16H2. The van der Waals surface area contributed by atoms with Crippen molar-refractivity contribution >= 4 is 10.1 Å². The van der Waals surface area contributed by atoms with Crippen LogP contribution in [0.1, 0.15) is 16.7 Å². The van der Waals surface area contributed by atoms with Crippen LogP contribution in [0.4, 0.5) is 0 Å². The van der Waals surface area contributed by atoms with Crippen molar-refractivity contribution in [1.82, 2.24) is 0 Å². The molecule has 0 aliphatic carbocycles. The summed E-state index contributed by atoms with van der Waals surface area (Å²) in [5.41, 5.74) is 2.61. The van der Waals surface area contributed by atoms with E-state index in [9.17, 15) is 8.42 Å². The van der Waals surface area contributed by atoms with Gasteiger partial charge < -0.3 is 0 Å². The van der Waals surface area contributed by atoms with E-state index >= 15 is 0 Å². The van der Waals surface area contributed by atoms with Crippen LogP contribution < -0.4 is 0 Å². The molecule has 0 heterocycles. The molecule has 0 aromatic heterocycles. The number of hydrogen-bond donors (Lipinski definition) is 0. The molecule has 0 bridgehead atoms. The molecule has 4 heteroatoms. The molecule has 0 aliphatic rings. The third-order valence-corrected chi connectivity index (χ3v) is 5.07. The summed E-state index contributed by atoms with van der Waals surface area (Å²) in [5.74, 6) is 0. The molecule has 3 nitrogen and oxygen atoms in total. The summed E-state index contributed by atoms with van der Waals surface area (Å²) in [5, 5.41) is 0. The Labute approximate surface area is 142 Å². The summed E-state index contributed by atoms with van der Waals surface area (Å²) in [6, 6.07) is 26.0. The topological polar surface area (TPSA) is 43.4 Å². The van der Waals surface area contributed by atoms with E-state index in [1.54, 1.807) is 12.1 Å². The second-order valence-corrected chi connectivity index (χ2v) is 7.06. The Balaban J connectivity index is 1.82. The fourth-order valence-electron chi connectivity index (χ4n) is 2.49. The normalized spacial score (nSPS) is 11.3. The highest BCUT2D eigenvalue weighted by molar-refractivity contribution is 7.86. The summed E-state index contributed by atoms with van der Waals surface area (Å²) in [4.78, 5) is 0.227. The average Bonchev–Trinajstić information content (AvgIpc) is 2.62. The molecule has 0 N–H and O–H groups in total. The molecular formula is C20H18O3S. The lowest BCUT2D eigenvalue weighted by Crippen LogP contribution is -2.09. The third-order valence-electron chi connectivity index (χ3n) is 3.70. The van der Waals surface area contributed by atoms with Gasteiger partial charge in [-0.1, -0.05) is 78.9 Å². The number of benzene rings is 3. The predicted octanol–water partition coefficient (Wildman–Crippen LogP) is 4.18. The lowest BCUT2D eigenvalue weighted by Gasteiger charge is -2.11. The SMILES string of the molecule is O=S(=O)(OCc1ccccc1)c1ccccc1Cc1ccccc1. The molecule has 0 unspecified atom stereocenters. The minimum absolute atomic E-state index is 0.0306. The van der Waals surface area contributed by atoms with Gasteiger partial charge in [0.25, 0.3) is 10.1 Å². The first-order valence-corrected chi connectivity index (χ1v) is 9.11. The Morgan fingerprint density at radius 3 is 1.88 bits per heavy atom. The van der Waals surface area contributed by atoms with Gasteiger partial charge in [0.15, 0.2) is 0 Å². The molecule has 0 saturated carbocycles. The highest BCUT2D eigenvalue weighted by Gasteiger charge is 2.19. The minimum Gasteiger partial charge on any atom is -0.262 e. The minimum atomic E-state index is -3.81. The smallest absolute Gasteiger partial charge is 0.262 e. The molecule has 0 radical (unpaired) electrons.